The molecule has 4 nitrogen and oxygen atoms in total. The SMILES string of the molecule is CNCC(C)C(=O)Nc1ncc(Cc2ccccc2)s1. The molecule has 0 aliphatic rings. The number of benzene rings is 1. The Morgan fingerprint density at radius 2 is 2.10 bits per heavy atom. The summed E-state index contributed by atoms with van der Waals surface area (Å²) in [4.78, 5) is 17.3. The minimum absolute atomic E-state index is 0.0000360. The summed E-state index contributed by atoms with van der Waals surface area (Å²) in [6, 6.07) is 10.2. The molecule has 1 unspecified atom stereocenters. The molecular formula is C15H19N3OS. The van der Waals surface area contributed by atoms with Crippen LogP contribution in [0, 0.1) is 5.92 Å². The van der Waals surface area contributed by atoms with Crippen LogP contribution >= 0.6 is 11.3 Å². The van der Waals surface area contributed by atoms with Gasteiger partial charge in [0.05, 0.1) is 0 Å². The van der Waals surface area contributed by atoms with Gasteiger partial charge in [-0.15, -0.1) is 11.3 Å². The zero-order chi connectivity index (χ0) is 14.4. The summed E-state index contributed by atoms with van der Waals surface area (Å²) in [5, 5.41) is 6.53. The van der Waals surface area contributed by atoms with Crippen LogP contribution in [0.4, 0.5) is 5.13 Å². The van der Waals surface area contributed by atoms with Gasteiger partial charge in [-0.05, 0) is 12.6 Å². The first-order valence-electron chi connectivity index (χ1n) is 6.63. The van der Waals surface area contributed by atoms with E-state index in [-0.39, 0.29) is 11.8 Å². The molecule has 5 heteroatoms. The number of carbonyl (C=O) groups is 1. The van der Waals surface area contributed by atoms with Gasteiger partial charge in [0.25, 0.3) is 0 Å². The highest BCUT2D eigenvalue weighted by Gasteiger charge is 2.13. The Morgan fingerprint density at radius 3 is 2.80 bits per heavy atom. The van der Waals surface area contributed by atoms with Crippen molar-refractivity contribution >= 4 is 22.4 Å². The van der Waals surface area contributed by atoms with E-state index in [0.29, 0.717) is 11.7 Å². The summed E-state index contributed by atoms with van der Waals surface area (Å²) in [5.41, 5.74) is 1.25. The van der Waals surface area contributed by atoms with Gasteiger partial charge in [-0.2, -0.15) is 0 Å². The molecule has 0 fully saturated rings. The molecule has 1 amide bonds. The van der Waals surface area contributed by atoms with Crippen molar-refractivity contribution < 1.29 is 4.79 Å². The van der Waals surface area contributed by atoms with Gasteiger partial charge in [-0.25, -0.2) is 4.98 Å². The molecule has 2 rings (SSSR count). The lowest BCUT2D eigenvalue weighted by Crippen LogP contribution is -2.28. The minimum Gasteiger partial charge on any atom is -0.319 e. The van der Waals surface area contributed by atoms with Crippen LogP contribution in [0.3, 0.4) is 0 Å². The Bertz CT molecular complexity index is 553. The quantitative estimate of drug-likeness (QED) is 0.859. The third kappa shape index (κ3) is 4.15. The summed E-state index contributed by atoms with van der Waals surface area (Å²) in [6.07, 6.45) is 2.68. The predicted molar refractivity (Wildman–Crippen MR) is 83.1 cm³/mol. The van der Waals surface area contributed by atoms with Crippen LogP contribution < -0.4 is 10.6 Å². The largest absolute Gasteiger partial charge is 0.319 e. The third-order valence-corrected chi connectivity index (χ3v) is 3.88. The van der Waals surface area contributed by atoms with Crippen molar-refractivity contribution in [3.8, 4) is 0 Å². The molecule has 1 aromatic heterocycles. The molecule has 106 valence electrons. The molecule has 0 bridgehead atoms. The molecule has 1 aromatic carbocycles. The topological polar surface area (TPSA) is 54.0 Å². The highest BCUT2D eigenvalue weighted by molar-refractivity contribution is 7.15. The Balaban J connectivity index is 1.94. The van der Waals surface area contributed by atoms with Crippen LogP contribution in [-0.2, 0) is 11.2 Å². The Labute approximate surface area is 123 Å². The average Bonchev–Trinajstić information content (AvgIpc) is 2.87. The molecule has 0 saturated heterocycles. The summed E-state index contributed by atoms with van der Waals surface area (Å²) in [6.45, 7) is 2.55. The van der Waals surface area contributed by atoms with Gasteiger partial charge < -0.3 is 10.6 Å². The zero-order valence-electron chi connectivity index (χ0n) is 11.7. The summed E-state index contributed by atoms with van der Waals surface area (Å²) in [5.74, 6) is -0.0681. The van der Waals surface area contributed by atoms with E-state index in [1.807, 2.05) is 38.4 Å². The first kappa shape index (κ1) is 14.7. The lowest BCUT2D eigenvalue weighted by Gasteiger charge is -2.09. The van der Waals surface area contributed by atoms with E-state index in [2.05, 4.69) is 27.8 Å². The normalized spacial score (nSPS) is 12.1. The second kappa shape index (κ2) is 7.17. The second-order valence-corrected chi connectivity index (χ2v) is 5.86. The fourth-order valence-electron chi connectivity index (χ4n) is 1.87. The number of anilines is 1. The Hall–Kier alpha value is -1.72. The highest BCUT2D eigenvalue weighted by atomic mass is 32.1. The monoisotopic (exact) mass is 289 g/mol. The van der Waals surface area contributed by atoms with Gasteiger partial charge >= 0.3 is 0 Å². The molecule has 0 saturated carbocycles. The van der Waals surface area contributed by atoms with E-state index >= 15 is 0 Å². The maximum Gasteiger partial charge on any atom is 0.230 e. The maximum atomic E-state index is 11.9. The number of amides is 1. The van der Waals surface area contributed by atoms with Gasteiger partial charge in [0.2, 0.25) is 5.91 Å². The number of thiazole rings is 1. The van der Waals surface area contributed by atoms with Gasteiger partial charge in [-0.1, -0.05) is 37.3 Å². The number of nitrogens with zero attached hydrogens (tertiary/aromatic N) is 1. The molecule has 1 heterocycles. The molecule has 0 spiro atoms. The number of carbonyl (C=O) groups excluding carboxylic acids is 1. The molecule has 0 radical (unpaired) electrons. The van der Waals surface area contributed by atoms with Crippen LogP contribution in [0.2, 0.25) is 0 Å². The lowest BCUT2D eigenvalue weighted by molar-refractivity contribution is -0.119. The van der Waals surface area contributed by atoms with E-state index in [9.17, 15) is 4.79 Å². The number of hydrogen-bond donors (Lipinski definition) is 2. The van der Waals surface area contributed by atoms with Gasteiger partial charge in [0, 0.05) is 30.0 Å². The number of rotatable bonds is 6. The number of hydrogen-bond acceptors (Lipinski definition) is 4. The average molecular weight is 289 g/mol. The fourth-order valence-corrected chi connectivity index (χ4v) is 2.72. The van der Waals surface area contributed by atoms with E-state index < -0.39 is 0 Å². The molecular weight excluding hydrogens is 270 g/mol. The van der Waals surface area contributed by atoms with Crippen LogP contribution in [0.25, 0.3) is 0 Å². The van der Waals surface area contributed by atoms with Crippen molar-refractivity contribution in [1.82, 2.24) is 10.3 Å². The molecule has 1 atom stereocenters. The molecule has 0 aliphatic carbocycles. The Morgan fingerprint density at radius 1 is 1.35 bits per heavy atom. The molecule has 2 N–H and O–H groups in total. The molecule has 0 aliphatic heterocycles. The smallest absolute Gasteiger partial charge is 0.230 e. The van der Waals surface area contributed by atoms with Crippen molar-refractivity contribution in [3.63, 3.8) is 0 Å². The van der Waals surface area contributed by atoms with Gasteiger partial charge in [0.15, 0.2) is 5.13 Å². The van der Waals surface area contributed by atoms with Gasteiger partial charge in [0.1, 0.15) is 0 Å². The Kier molecular flexibility index (Phi) is 5.26. The standard InChI is InChI=1S/C15H19N3OS/c1-11(9-16-2)14(19)18-15-17-10-13(20-15)8-12-6-4-3-5-7-12/h3-7,10-11,16H,8-9H2,1-2H3,(H,17,18,19). The molecule has 20 heavy (non-hydrogen) atoms. The van der Waals surface area contributed by atoms with E-state index in [4.69, 9.17) is 0 Å². The van der Waals surface area contributed by atoms with Crippen LogP contribution in [0.1, 0.15) is 17.4 Å². The van der Waals surface area contributed by atoms with Gasteiger partial charge in [-0.3, -0.25) is 4.79 Å². The summed E-state index contributed by atoms with van der Waals surface area (Å²) in [7, 11) is 1.84. The minimum atomic E-state index is -0.0681. The summed E-state index contributed by atoms with van der Waals surface area (Å²) < 4.78 is 0. The van der Waals surface area contributed by atoms with Crippen LogP contribution in [-0.4, -0.2) is 24.5 Å². The van der Waals surface area contributed by atoms with E-state index in [1.165, 1.54) is 16.9 Å². The highest BCUT2D eigenvalue weighted by Crippen LogP contribution is 2.21. The number of aromatic nitrogens is 1. The first-order valence-corrected chi connectivity index (χ1v) is 7.44. The zero-order valence-corrected chi connectivity index (χ0v) is 12.5. The number of nitrogens with one attached hydrogen (secondary N) is 2. The predicted octanol–water partition coefficient (Wildman–Crippen LogP) is 2.53. The van der Waals surface area contributed by atoms with Crippen molar-refractivity contribution in [3.05, 3.63) is 47.0 Å². The van der Waals surface area contributed by atoms with Crippen molar-refractivity contribution in [2.75, 3.05) is 18.9 Å². The molecule has 2 aromatic rings. The van der Waals surface area contributed by atoms with E-state index in [0.717, 1.165) is 11.3 Å². The fraction of sp³-hybridized carbons (Fsp3) is 0.333. The van der Waals surface area contributed by atoms with Crippen molar-refractivity contribution in [1.29, 1.82) is 0 Å². The second-order valence-electron chi connectivity index (χ2n) is 4.74. The van der Waals surface area contributed by atoms with E-state index in [1.54, 1.807) is 0 Å². The third-order valence-electron chi connectivity index (χ3n) is 2.96. The lowest BCUT2D eigenvalue weighted by atomic mass is 10.1. The van der Waals surface area contributed by atoms with Crippen molar-refractivity contribution in [2.24, 2.45) is 5.92 Å². The summed E-state index contributed by atoms with van der Waals surface area (Å²) >= 11 is 1.53. The van der Waals surface area contributed by atoms with Crippen molar-refractivity contribution in [2.45, 2.75) is 13.3 Å². The first-order chi connectivity index (χ1) is 9.69. The van der Waals surface area contributed by atoms with Crippen LogP contribution in [0.5, 0.6) is 0 Å². The maximum absolute atomic E-state index is 11.9. The van der Waals surface area contributed by atoms with Crippen LogP contribution in [0.15, 0.2) is 36.5 Å².